The van der Waals surface area contributed by atoms with Crippen molar-refractivity contribution in [3.05, 3.63) is 65.7 Å². The van der Waals surface area contributed by atoms with E-state index in [4.69, 9.17) is 4.74 Å². The normalized spacial score (nSPS) is 18.2. The van der Waals surface area contributed by atoms with Crippen LogP contribution < -0.4 is 5.32 Å². The van der Waals surface area contributed by atoms with Gasteiger partial charge in [-0.2, -0.15) is 0 Å². The van der Waals surface area contributed by atoms with Gasteiger partial charge in [0.2, 0.25) is 5.91 Å². The summed E-state index contributed by atoms with van der Waals surface area (Å²) < 4.78 is 5.41. The molecule has 0 atom stereocenters. The summed E-state index contributed by atoms with van der Waals surface area (Å²) in [4.78, 5) is 29.7. The molecule has 158 valence electrons. The van der Waals surface area contributed by atoms with E-state index in [1.807, 2.05) is 53.4 Å². The molecule has 2 saturated heterocycles. The lowest BCUT2D eigenvalue weighted by atomic mass is 9.95. The monoisotopic (exact) mass is 407 g/mol. The average molecular weight is 408 g/mol. The number of nitrogens with one attached hydrogen (secondary N) is 1. The zero-order chi connectivity index (χ0) is 20.8. The summed E-state index contributed by atoms with van der Waals surface area (Å²) in [5.74, 6) is 0.0449. The van der Waals surface area contributed by atoms with Crippen molar-refractivity contribution in [2.45, 2.75) is 19.4 Å². The lowest BCUT2D eigenvalue weighted by Crippen LogP contribution is -2.41. The Morgan fingerprint density at radius 1 is 0.933 bits per heavy atom. The first-order chi connectivity index (χ1) is 14.7. The number of nitrogens with zero attached hydrogens (tertiary/aromatic N) is 2. The second-order valence-electron chi connectivity index (χ2n) is 8.01. The van der Waals surface area contributed by atoms with Gasteiger partial charge in [-0.15, -0.1) is 0 Å². The Labute approximate surface area is 177 Å². The van der Waals surface area contributed by atoms with Gasteiger partial charge in [0.15, 0.2) is 0 Å². The van der Waals surface area contributed by atoms with Crippen molar-refractivity contribution in [2.24, 2.45) is 5.92 Å². The molecule has 0 saturated carbocycles. The molecule has 4 rings (SSSR count). The van der Waals surface area contributed by atoms with Crippen LogP contribution in [0.2, 0.25) is 0 Å². The molecule has 6 nitrogen and oxygen atoms in total. The smallest absolute Gasteiger partial charge is 0.253 e. The topological polar surface area (TPSA) is 61.9 Å². The Hall–Kier alpha value is -2.70. The van der Waals surface area contributed by atoms with Gasteiger partial charge in [-0.3, -0.25) is 14.5 Å². The molecule has 0 unspecified atom stereocenters. The third-order valence-corrected chi connectivity index (χ3v) is 5.88. The number of hydrogen-bond acceptors (Lipinski definition) is 4. The van der Waals surface area contributed by atoms with E-state index in [1.54, 1.807) is 0 Å². The fraction of sp³-hybridized carbons (Fsp3) is 0.417. The van der Waals surface area contributed by atoms with Gasteiger partial charge in [0.25, 0.3) is 5.91 Å². The number of benzene rings is 2. The Kier molecular flexibility index (Phi) is 6.77. The molecule has 6 heteroatoms. The van der Waals surface area contributed by atoms with Gasteiger partial charge in [-0.05, 0) is 42.7 Å². The van der Waals surface area contributed by atoms with Crippen molar-refractivity contribution in [2.75, 3.05) is 44.7 Å². The van der Waals surface area contributed by atoms with Crippen LogP contribution in [0.1, 0.15) is 28.8 Å². The van der Waals surface area contributed by atoms with E-state index < -0.39 is 0 Å². The number of carbonyl (C=O) groups excluding carboxylic acids is 2. The minimum absolute atomic E-state index is 0.0424. The molecule has 0 radical (unpaired) electrons. The molecule has 30 heavy (non-hydrogen) atoms. The van der Waals surface area contributed by atoms with Crippen LogP contribution in [-0.4, -0.2) is 61.0 Å². The van der Waals surface area contributed by atoms with Gasteiger partial charge in [-0.1, -0.05) is 30.3 Å². The summed E-state index contributed by atoms with van der Waals surface area (Å²) in [5, 5.41) is 2.98. The van der Waals surface area contributed by atoms with Gasteiger partial charge in [0, 0.05) is 49.9 Å². The highest BCUT2D eigenvalue weighted by Crippen LogP contribution is 2.21. The summed E-state index contributed by atoms with van der Waals surface area (Å²) >= 11 is 0. The fourth-order valence-corrected chi connectivity index (χ4v) is 4.11. The maximum atomic E-state index is 13.0. The first-order valence-corrected chi connectivity index (χ1v) is 10.7. The number of piperidine rings is 1. The van der Waals surface area contributed by atoms with Gasteiger partial charge < -0.3 is 15.0 Å². The van der Waals surface area contributed by atoms with Gasteiger partial charge >= 0.3 is 0 Å². The number of para-hydroxylation sites is 1. The fourth-order valence-electron chi connectivity index (χ4n) is 4.11. The van der Waals surface area contributed by atoms with Crippen LogP contribution in [0, 0.1) is 5.92 Å². The SMILES string of the molecule is O=C(Nc1ccccc1)C1CCN(C(=O)c2cccc(CN3CCOCC3)c2)CC1. The van der Waals surface area contributed by atoms with Crippen molar-refractivity contribution in [1.82, 2.24) is 9.80 Å². The first kappa shape index (κ1) is 20.6. The van der Waals surface area contributed by atoms with Crippen molar-refractivity contribution in [3.63, 3.8) is 0 Å². The predicted molar refractivity (Wildman–Crippen MR) is 116 cm³/mol. The second kappa shape index (κ2) is 9.87. The Morgan fingerprint density at radius 3 is 2.40 bits per heavy atom. The van der Waals surface area contributed by atoms with Crippen molar-refractivity contribution >= 4 is 17.5 Å². The molecule has 2 amide bonds. The molecule has 2 aliphatic rings. The number of hydrogen-bond donors (Lipinski definition) is 1. The van der Waals surface area contributed by atoms with Gasteiger partial charge in [0.1, 0.15) is 0 Å². The number of rotatable bonds is 5. The van der Waals surface area contributed by atoms with Crippen molar-refractivity contribution < 1.29 is 14.3 Å². The van der Waals surface area contributed by atoms with Crippen LogP contribution in [-0.2, 0) is 16.1 Å². The number of anilines is 1. The molecule has 2 aromatic carbocycles. The summed E-state index contributed by atoms with van der Waals surface area (Å²) in [5.41, 5.74) is 2.70. The summed E-state index contributed by atoms with van der Waals surface area (Å²) in [6.45, 7) is 5.45. The molecular weight excluding hydrogens is 378 g/mol. The van der Waals surface area contributed by atoms with E-state index >= 15 is 0 Å². The average Bonchev–Trinajstić information content (AvgIpc) is 2.80. The van der Waals surface area contributed by atoms with Crippen LogP contribution >= 0.6 is 0 Å². The van der Waals surface area contributed by atoms with Crippen molar-refractivity contribution in [1.29, 1.82) is 0 Å². The van der Waals surface area contributed by atoms with E-state index in [9.17, 15) is 9.59 Å². The highest BCUT2D eigenvalue weighted by molar-refractivity contribution is 5.95. The number of morpholine rings is 1. The molecular formula is C24H29N3O3. The standard InChI is InChI=1S/C24H29N3O3/c28-23(25-22-7-2-1-3-8-22)20-9-11-27(12-10-20)24(29)21-6-4-5-19(17-21)18-26-13-15-30-16-14-26/h1-8,17,20H,9-16,18H2,(H,25,28). The van der Waals surface area contributed by atoms with Crippen LogP contribution in [0.3, 0.4) is 0 Å². The molecule has 0 bridgehead atoms. The van der Waals surface area contributed by atoms with Crippen LogP contribution in [0.4, 0.5) is 5.69 Å². The van der Waals surface area contributed by atoms with Crippen LogP contribution in [0.5, 0.6) is 0 Å². The van der Waals surface area contributed by atoms with Crippen LogP contribution in [0.25, 0.3) is 0 Å². The number of amides is 2. The Morgan fingerprint density at radius 2 is 1.67 bits per heavy atom. The van der Waals surface area contributed by atoms with Gasteiger partial charge in [-0.25, -0.2) is 0 Å². The van der Waals surface area contributed by atoms with Crippen molar-refractivity contribution in [3.8, 4) is 0 Å². The zero-order valence-corrected chi connectivity index (χ0v) is 17.3. The molecule has 1 N–H and O–H groups in total. The highest BCUT2D eigenvalue weighted by Gasteiger charge is 2.28. The molecule has 2 aromatic rings. The molecule has 2 fully saturated rings. The maximum Gasteiger partial charge on any atom is 0.253 e. The number of likely N-dealkylation sites (tertiary alicyclic amines) is 1. The molecule has 2 heterocycles. The summed E-state index contributed by atoms with van der Waals surface area (Å²) in [6, 6.07) is 17.4. The van der Waals surface area contributed by atoms with E-state index in [0.29, 0.717) is 25.9 Å². The minimum atomic E-state index is -0.0538. The van der Waals surface area contributed by atoms with E-state index in [1.165, 1.54) is 0 Å². The number of ether oxygens (including phenoxy) is 1. The summed E-state index contributed by atoms with van der Waals surface area (Å²) in [6.07, 6.45) is 1.38. The van der Waals surface area contributed by atoms with E-state index in [-0.39, 0.29) is 17.7 Å². The first-order valence-electron chi connectivity index (χ1n) is 10.7. The highest BCUT2D eigenvalue weighted by atomic mass is 16.5. The number of carbonyl (C=O) groups is 2. The molecule has 0 aromatic heterocycles. The minimum Gasteiger partial charge on any atom is -0.379 e. The lowest BCUT2D eigenvalue weighted by Gasteiger charge is -2.31. The third kappa shape index (κ3) is 5.26. The second-order valence-corrected chi connectivity index (χ2v) is 8.01. The maximum absolute atomic E-state index is 13.0. The molecule has 0 aliphatic carbocycles. The predicted octanol–water partition coefficient (Wildman–Crippen LogP) is 3.01. The Balaban J connectivity index is 1.30. The van der Waals surface area contributed by atoms with Gasteiger partial charge in [0.05, 0.1) is 13.2 Å². The summed E-state index contributed by atoms with van der Waals surface area (Å²) in [7, 11) is 0. The lowest BCUT2D eigenvalue weighted by molar-refractivity contribution is -0.121. The van der Waals surface area contributed by atoms with E-state index in [0.717, 1.165) is 49.7 Å². The Bertz CT molecular complexity index is 857. The molecule has 0 spiro atoms. The van der Waals surface area contributed by atoms with E-state index in [2.05, 4.69) is 16.3 Å². The molecule has 2 aliphatic heterocycles. The quantitative estimate of drug-likeness (QED) is 0.828. The van der Waals surface area contributed by atoms with Crippen LogP contribution in [0.15, 0.2) is 54.6 Å². The largest absolute Gasteiger partial charge is 0.379 e. The third-order valence-electron chi connectivity index (χ3n) is 5.88. The zero-order valence-electron chi connectivity index (χ0n) is 17.3.